The maximum absolute atomic E-state index is 13.5. The topological polar surface area (TPSA) is 163 Å². The Labute approximate surface area is 226 Å². The van der Waals surface area contributed by atoms with E-state index in [2.05, 4.69) is 10.6 Å². The van der Waals surface area contributed by atoms with Crippen LogP contribution in [0, 0.1) is 5.41 Å². The van der Waals surface area contributed by atoms with E-state index in [1.54, 1.807) is 30.3 Å². The molecule has 5 N–H and O–H groups in total. The van der Waals surface area contributed by atoms with E-state index in [4.69, 9.17) is 11.1 Å². The monoisotopic (exact) mass is 547 g/mol. The lowest BCUT2D eigenvalue weighted by molar-refractivity contribution is -0.126. The average Bonchev–Trinajstić information content (AvgIpc) is 3.34. The summed E-state index contributed by atoms with van der Waals surface area (Å²) in [5.41, 5.74) is 8.51. The molecule has 0 saturated heterocycles. The summed E-state index contributed by atoms with van der Waals surface area (Å²) in [7, 11) is -3.91. The Hall–Kier alpha value is -4.35. The van der Waals surface area contributed by atoms with Crippen molar-refractivity contribution in [1.82, 2.24) is 14.9 Å². The number of carbonyl (C=O) groups excluding carboxylic acids is 3. The number of rotatable bonds is 10. The van der Waals surface area contributed by atoms with Crippen molar-refractivity contribution in [3.05, 3.63) is 107 Å². The van der Waals surface area contributed by atoms with Crippen LogP contribution in [-0.2, 0) is 31.8 Å². The Morgan fingerprint density at radius 3 is 2.23 bits per heavy atom. The molecule has 0 heterocycles. The van der Waals surface area contributed by atoms with Crippen LogP contribution in [0.4, 0.5) is 0 Å². The number of fused-ring (bicyclic) bond motifs is 1. The van der Waals surface area contributed by atoms with E-state index in [-0.39, 0.29) is 17.2 Å². The molecule has 0 aromatic heterocycles. The summed E-state index contributed by atoms with van der Waals surface area (Å²) in [6, 6.07) is 21.6. The number of carbonyl (C=O) groups is 3. The van der Waals surface area contributed by atoms with Gasteiger partial charge in [0, 0.05) is 11.1 Å². The van der Waals surface area contributed by atoms with Gasteiger partial charge < -0.3 is 11.1 Å². The number of nitrogens with one attached hydrogen (secondary N) is 3. The van der Waals surface area contributed by atoms with Crippen LogP contribution in [0.2, 0.25) is 0 Å². The number of amidine groups is 1. The zero-order chi connectivity index (χ0) is 28.0. The quantitative estimate of drug-likeness (QED) is 0.224. The molecule has 0 spiro atoms. The maximum atomic E-state index is 13.5. The molecular formula is C28H29N5O5S. The summed E-state index contributed by atoms with van der Waals surface area (Å²) in [6.07, 6.45) is 1.23. The molecule has 1 aliphatic carbocycles. The molecule has 3 aromatic rings. The van der Waals surface area contributed by atoms with Crippen molar-refractivity contribution < 1.29 is 22.8 Å². The SMILES string of the molecule is N=C(N)c1ccc(C(=O)NC(=O)CNC(=O)CN(C2CCc3ccccc32)S(=O)(=O)Cc2ccccc2)cc1. The third kappa shape index (κ3) is 6.95. The number of hydrogen-bond donors (Lipinski definition) is 4. The molecule has 1 unspecified atom stereocenters. The van der Waals surface area contributed by atoms with Gasteiger partial charge in [0.15, 0.2) is 0 Å². The maximum Gasteiger partial charge on any atom is 0.257 e. The van der Waals surface area contributed by atoms with E-state index >= 15 is 0 Å². The van der Waals surface area contributed by atoms with Gasteiger partial charge in [-0.15, -0.1) is 0 Å². The minimum atomic E-state index is -3.91. The number of nitrogen functional groups attached to an aromatic ring is 1. The highest BCUT2D eigenvalue weighted by Gasteiger charge is 2.36. The summed E-state index contributed by atoms with van der Waals surface area (Å²) >= 11 is 0. The van der Waals surface area contributed by atoms with Crippen LogP contribution >= 0.6 is 0 Å². The Morgan fingerprint density at radius 2 is 1.54 bits per heavy atom. The van der Waals surface area contributed by atoms with Gasteiger partial charge in [0.05, 0.1) is 24.9 Å². The second kappa shape index (κ2) is 12.0. The first kappa shape index (κ1) is 27.7. The van der Waals surface area contributed by atoms with Gasteiger partial charge in [-0.2, -0.15) is 4.31 Å². The standard InChI is InChI=1S/C28H29N5O5S/c29-27(30)21-10-12-22(13-11-21)28(36)32-25(34)16-31-26(35)17-33(24-15-14-20-8-4-5-9-23(20)24)39(37,38)18-19-6-2-1-3-7-19/h1-13,24H,14-18H2,(H3,29,30)(H,31,35)(H,32,34,36). The highest BCUT2D eigenvalue weighted by Crippen LogP contribution is 2.37. The van der Waals surface area contributed by atoms with Crippen molar-refractivity contribution in [3.63, 3.8) is 0 Å². The Morgan fingerprint density at radius 1 is 0.897 bits per heavy atom. The van der Waals surface area contributed by atoms with Crippen molar-refractivity contribution in [1.29, 1.82) is 5.41 Å². The van der Waals surface area contributed by atoms with Gasteiger partial charge in [0.1, 0.15) is 5.84 Å². The highest BCUT2D eigenvalue weighted by molar-refractivity contribution is 7.88. The van der Waals surface area contributed by atoms with Gasteiger partial charge in [0.25, 0.3) is 5.91 Å². The third-order valence-corrected chi connectivity index (χ3v) is 8.25. The lowest BCUT2D eigenvalue weighted by Crippen LogP contribution is -2.46. The molecule has 3 aromatic carbocycles. The van der Waals surface area contributed by atoms with E-state index < -0.39 is 46.9 Å². The Balaban J connectivity index is 1.42. The smallest absolute Gasteiger partial charge is 0.257 e. The first-order chi connectivity index (χ1) is 18.6. The Kier molecular flexibility index (Phi) is 8.52. The highest BCUT2D eigenvalue weighted by atomic mass is 32.2. The molecule has 0 aliphatic heterocycles. The van der Waals surface area contributed by atoms with Crippen LogP contribution in [0.5, 0.6) is 0 Å². The van der Waals surface area contributed by atoms with E-state index in [0.29, 0.717) is 24.0 Å². The van der Waals surface area contributed by atoms with E-state index in [9.17, 15) is 22.8 Å². The molecular weight excluding hydrogens is 518 g/mol. The minimum absolute atomic E-state index is 0.151. The molecule has 3 amide bonds. The predicted molar refractivity (Wildman–Crippen MR) is 146 cm³/mol. The van der Waals surface area contributed by atoms with Gasteiger partial charge in [-0.3, -0.25) is 25.1 Å². The number of sulfonamides is 1. The molecule has 0 fully saturated rings. The molecule has 0 bridgehead atoms. The molecule has 39 heavy (non-hydrogen) atoms. The van der Waals surface area contributed by atoms with E-state index in [0.717, 1.165) is 11.1 Å². The van der Waals surface area contributed by atoms with Gasteiger partial charge in [-0.25, -0.2) is 8.42 Å². The average molecular weight is 548 g/mol. The molecule has 202 valence electrons. The number of amides is 3. The summed E-state index contributed by atoms with van der Waals surface area (Å²) in [5, 5.41) is 12.0. The van der Waals surface area contributed by atoms with Crippen molar-refractivity contribution >= 4 is 33.6 Å². The lowest BCUT2D eigenvalue weighted by atomic mass is 10.1. The van der Waals surface area contributed by atoms with Gasteiger partial charge in [-0.1, -0.05) is 66.7 Å². The number of aryl methyl sites for hydroxylation is 1. The largest absolute Gasteiger partial charge is 0.384 e. The van der Waals surface area contributed by atoms with Crippen LogP contribution in [0.15, 0.2) is 78.9 Å². The zero-order valence-electron chi connectivity index (χ0n) is 21.1. The van der Waals surface area contributed by atoms with Crippen LogP contribution in [-0.4, -0.2) is 49.4 Å². The number of nitrogens with two attached hydrogens (primary N) is 1. The van der Waals surface area contributed by atoms with Crippen molar-refractivity contribution in [2.45, 2.75) is 24.6 Å². The summed E-state index contributed by atoms with van der Waals surface area (Å²) in [4.78, 5) is 37.5. The van der Waals surface area contributed by atoms with Crippen LogP contribution in [0.3, 0.4) is 0 Å². The van der Waals surface area contributed by atoms with Crippen LogP contribution in [0.25, 0.3) is 0 Å². The van der Waals surface area contributed by atoms with Crippen molar-refractivity contribution in [3.8, 4) is 0 Å². The second-order valence-electron chi connectivity index (χ2n) is 9.19. The predicted octanol–water partition coefficient (Wildman–Crippen LogP) is 1.86. The molecule has 0 radical (unpaired) electrons. The summed E-state index contributed by atoms with van der Waals surface area (Å²) < 4.78 is 28.3. The number of imide groups is 1. The molecule has 1 atom stereocenters. The van der Waals surface area contributed by atoms with Crippen molar-refractivity contribution in [2.75, 3.05) is 13.1 Å². The fraction of sp³-hybridized carbons (Fsp3) is 0.214. The Bertz CT molecular complexity index is 1490. The van der Waals surface area contributed by atoms with Crippen LogP contribution < -0.4 is 16.4 Å². The summed E-state index contributed by atoms with van der Waals surface area (Å²) in [5.74, 6) is -2.52. The lowest BCUT2D eigenvalue weighted by Gasteiger charge is -2.28. The zero-order valence-corrected chi connectivity index (χ0v) is 21.9. The first-order valence-electron chi connectivity index (χ1n) is 12.3. The molecule has 10 nitrogen and oxygen atoms in total. The summed E-state index contributed by atoms with van der Waals surface area (Å²) in [6.45, 7) is -0.980. The molecule has 11 heteroatoms. The van der Waals surface area contributed by atoms with Crippen LogP contribution in [0.1, 0.15) is 45.1 Å². The van der Waals surface area contributed by atoms with Gasteiger partial charge >= 0.3 is 0 Å². The fourth-order valence-electron chi connectivity index (χ4n) is 4.52. The number of nitrogens with zero attached hydrogens (tertiary/aromatic N) is 1. The van der Waals surface area contributed by atoms with E-state index in [1.807, 2.05) is 24.3 Å². The first-order valence-corrected chi connectivity index (χ1v) is 13.9. The van der Waals surface area contributed by atoms with E-state index in [1.165, 1.54) is 28.6 Å². The van der Waals surface area contributed by atoms with Crippen molar-refractivity contribution in [2.24, 2.45) is 5.73 Å². The third-order valence-electron chi connectivity index (χ3n) is 6.45. The second-order valence-corrected chi connectivity index (χ2v) is 11.1. The number of benzene rings is 3. The molecule has 0 saturated carbocycles. The molecule has 4 rings (SSSR count). The van der Waals surface area contributed by atoms with Gasteiger partial charge in [0.2, 0.25) is 21.8 Å². The minimum Gasteiger partial charge on any atom is -0.384 e. The molecule has 1 aliphatic rings. The fourth-order valence-corrected chi connectivity index (χ4v) is 6.22. The van der Waals surface area contributed by atoms with Gasteiger partial charge in [-0.05, 0) is 41.7 Å². The number of hydrogen-bond acceptors (Lipinski definition) is 6. The normalized spacial score (nSPS) is 14.4.